The summed E-state index contributed by atoms with van der Waals surface area (Å²) < 4.78 is 23.0. The predicted molar refractivity (Wildman–Crippen MR) is 64.9 cm³/mol. The van der Waals surface area contributed by atoms with Gasteiger partial charge in [0, 0.05) is 25.5 Å². The number of nitrogens with zero attached hydrogens (tertiary/aromatic N) is 1. The molecule has 0 atom stereocenters. The topological polar surface area (TPSA) is 59.1 Å². The Morgan fingerprint density at radius 3 is 2.75 bits per heavy atom. The van der Waals surface area contributed by atoms with Gasteiger partial charge in [-0.2, -0.15) is 0 Å². The fourth-order valence-electron chi connectivity index (χ4n) is 1.19. The molecule has 0 amide bonds. The zero-order valence-corrected chi connectivity index (χ0v) is 10.5. The van der Waals surface area contributed by atoms with Crippen LogP contribution in [0.5, 0.6) is 0 Å². The highest BCUT2D eigenvalue weighted by Crippen LogP contribution is 1.99. The SMILES string of the molecule is CC(C)S(=O)(=O)CCNCc1cccnc1. The molecule has 0 aliphatic heterocycles. The largest absolute Gasteiger partial charge is 0.312 e. The highest BCUT2D eigenvalue weighted by molar-refractivity contribution is 7.92. The normalized spacial score (nSPS) is 11.9. The summed E-state index contributed by atoms with van der Waals surface area (Å²) in [5.41, 5.74) is 1.06. The van der Waals surface area contributed by atoms with Crippen molar-refractivity contribution in [1.29, 1.82) is 0 Å². The van der Waals surface area contributed by atoms with Gasteiger partial charge in [0.05, 0.1) is 11.0 Å². The van der Waals surface area contributed by atoms with Gasteiger partial charge in [0.1, 0.15) is 0 Å². The maximum atomic E-state index is 11.5. The Balaban J connectivity index is 2.28. The summed E-state index contributed by atoms with van der Waals surface area (Å²) in [5, 5.41) is 2.80. The fourth-order valence-corrected chi connectivity index (χ4v) is 2.09. The first-order valence-corrected chi connectivity index (χ1v) is 7.05. The van der Waals surface area contributed by atoms with Crippen molar-refractivity contribution in [2.24, 2.45) is 0 Å². The summed E-state index contributed by atoms with van der Waals surface area (Å²) in [5.74, 6) is 0.185. The monoisotopic (exact) mass is 242 g/mol. The van der Waals surface area contributed by atoms with Crippen molar-refractivity contribution in [1.82, 2.24) is 10.3 Å². The molecule has 0 unspecified atom stereocenters. The molecule has 4 nitrogen and oxygen atoms in total. The van der Waals surface area contributed by atoms with Crippen LogP contribution in [0, 0.1) is 0 Å². The highest BCUT2D eigenvalue weighted by atomic mass is 32.2. The lowest BCUT2D eigenvalue weighted by Gasteiger charge is -2.08. The zero-order chi connectivity index (χ0) is 12.0. The van der Waals surface area contributed by atoms with Crippen LogP contribution in [0.25, 0.3) is 0 Å². The van der Waals surface area contributed by atoms with Crippen molar-refractivity contribution in [3.8, 4) is 0 Å². The van der Waals surface area contributed by atoms with Crippen LogP contribution in [0.2, 0.25) is 0 Å². The number of nitrogens with one attached hydrogen (secondary N) is 1. The first-order valence-electron chi connectivity index (χ1n) is 5.33. The molecule has 0 spiro atoms. The van der Waals surface area contributed by atoms with Crippen LogP contribution in [0.3, 0.4) is 0 Å². The van der Waals surface area contributed by atoms with E-state index in [2.05, 4.69) is 10.3 Å². The van der Waals surface area contributed by atoms with Gasteiger partial charge in [-0.15, -0.1) is 0 Å². The molecular formula is C11H18N2O2S. The first kappa shape index (κ1) is 13.1. The Morgan fingerprint density at radius 1 is 1.44 bits per heavy atom. The average Bonchev–Trinajstić information content (AvgIpc) is 2.26. The molecule has 0 saturated heterocycles. The van der Waals surface area contributed by atoms with Crippen molar-refractivity contribution < 1.29 is 8.42 Å². The molecule has 0 fully saturated rings. The quantitative estimate of drug-likeness (QED) is 0.756. The Bertz CT molecular complexity index is 401. The number of sulfone groups is 1. The van der Waals surface area contributed by atoms with Crippen LogP contribution in [0.4, 0.5) is 0 Å². The molecular weight excluding hydrogens is 224 g/mol. The second-order valence-electron chi connectivity index (χ2n) is 3.95. The molecule has 0 aromatic carbocycles. The van der Waals surface area contributed by atoms with E-state index in [-0.39, 0.29) is 11.0 Å². The molecule has 1 heterocycles. The molecule has 1 aromatic rings. The van der Waals surface area contributed by atoms with Crippen LogP contribution in [0.1, 0.15) is 19.4 Å². The second kappa shape index (κ2) is 5.96. The van der Waals surface area contributed by atoms with Crippen molar-refractivity contribution >= 4 is 9.84 Å². The molecule has 5 heteroatoms. The van der Waals surface area contributed by atoms with E-state index in [1.807, 2.05) is 12.1 Å². The lowest BCUT2D eigenvalue weighted by Crippen LogP contribution is -2.27. The minimum Gasteiger partial charge on any atom is -0.312 e. The third kappa shape index (κ3) is 4.28. The van der Waals surface area contributed by atoms with Crippen LogP contribution in [-0.2, 0) is 16.4 Å². The summed E-state index contributed by atoms with van der Waals surface area (Å²) in [7, 11) is -2.93. The molecule has 1 N–H and O–H groups in total. The average molecular weight is 242 g/mol. The number of aromatic nitrogens is 1. The molecule has 0 aliphatic carbocycles. The Morgan fingerprint density at radius 2 is 2.19 bits per heavy atom. The maximum absolute atomic E-state index is 11.5. The summed E-state index contributed by atoms with van der Waals surface area (Å²) in [6.45, 7) is 4.55. The Kier molecular flexibility index (Phi) is 4.89. The molecule has 0 radical (unpaired) electrons. The lowest BCUT2D eigenvalue weighted by atomic mass is 10.3. The van der Waals surface area contributed by atoms with E-state index in [0.717, 1.165) is 5.56 Å². The van der Waals surface area contributed by atoms with Gasteiger partial charge in [0.25, 0.3) is 0 Å². The van der Waals surface area contributed by atoms with Crippen molar-refractivity contribution in [2.45, 2.75) is 25.6 Å². The van der Waals surface area contributed by atoms with Gasteiger partial charge < -0.3 is 5.32 Å². The van der Waals surface area contributed by atoms with Crippen LogP contribution in [-0.4, -0.2) is 30.9 Å². The minimum atomic E-state index is -2.93. The van der Waals surface area contributed by atoms with Gasteiger partial charge in [-0.3, -0.25) is 4.98 Å². The zero-order valence-electron chi connectivity index (χ0n) is 9.68. The van der Waals surface area contributed by atoms with Gasteiger partial charge in [-0.25, -0.2) is 8.42 Å². The van der Waals surface area contributed by atoms with E-state index in [4.69, 9.17) is 0 Å². The van der Waals surface area contributed by atoms with Gasteiger partial charge in [0.15, 0.2) is 9.84 Å². The van der Waals surface area contributed by atoms with Gasteiger partial charge in [0.2, 0.25) is 0 Å². The number of hydrogen-bond donors (Lipinski definition) is 1. The molecule has 0 saturated carbocycles. The van der Waals surface area contributed by atoms with Gasteiger partial charge >= 0.3 is 0 Å². The molecule has 1 rings (SSSR count). The van der Waals surface area contributed by atoms with Gasteiger partial charge in [-0.1, -0.05) is 6.07 Å². The van der Waals surface area contributed by atoms with E-state index in [1.165, 1.54) is 0 Å². The predicted octanol–water partition coefficient (Wildman–Crippen LogP) is 0.994. The Hall–Kier alpha value is -0.940. The summed E-state index contributed by atoms with van der Waals surface area (Å²) >= 11 is 0. The van der Waals surface area contributed by atoms with Crippen molar-refractivity contribution in [2.75, 3.05) is 12.3 Å². The molecule has 16 heavy (non-hydrogen) atoms. The molecule has 1 aromatic heterocycles. The molecule has 90 valence electrons. The smallest absolute Gasteiger partial charge is 0.153 e. The number of pyridine rings is 1. The van der Waals surface area contributed by atoms with E-state index in [1.54, 1.807) is 26.2 Å². The van der Waals surface area contributed by atoms with Gasteiger partial charge in [-0.05, 0) is 25.5 Å². The third-order valence-corrected chi connectivity index (χ3v) is 4.54. The van der Waals surface area contributed by atoms with E-state index >= 15 is 0 Å². The third-order valence-electron chi connectivity index (χ3n) is 2.33. The summed E-state index contributed by atoms with van der Waals surface area (Å²) in [6.07, 6.45) is 3.48. The Labute approximate surface area is 97.0 Å². The van der Waals surface area contributed by atoms with Crippen molar-refractivity contribution in [3.63, 3.8) is 0 Å². The van der Waals surface area contributed by atoms with Crippen LogP contribution < -0.4 is 5.32 Å². The minimum absolute atomic E-state index is 0.185. The standard InChI is InChI=1S/C11H18N2O2S/c1-10(2)16(14,15)7-6-13-9-11-4-3-5-12-8-11/h3-5,8,10,13H,6-7,9H2,1-2H3. The number of rotatable bonds is 6. The van der Waals surface area contributed by atoms with E-state index < -0.39 is 9.84 Å². The van der Waals surface area contributed by atoms with Crippen LogP contribution in [0.15, 0.2) is 24.5 Å². The lowest BCUT2D eigenvalue weighted by molar-refractivity contribution is 0.582. The summed E-state index contributed by atoms with van der Waals surface area (Å²) in [6, 6.07) is 3.82. The second-order valence-corrected chi connectivity index (χ2v) is 6.63. The van der Waals surface area contributed by atoms with E-state index in [9.17, 15) is 8.42 Å². The number of hydrogen-bond acceptors (Lipinski definition) is 4. The fraction of sp³-hybridized carbons (Fsp3) is 0.545. The summed E-state index contributed by atoms with van der Waals surface area (Å²) in [4.78, 5) is 3.98. The van der Waals surface area contributed by atoms with Crippen molar-refractivity contribution in [3.05, 3.63) is 30.1 Å². The highest BCUT2D eigenvalue weighted by Gasteiger charge is 2.14. The molecule has 0 bridgehead atoms. The molecule has 0 aliphatic rings. The van der Waals surface area contributed by atoms with E-state index in [0.29, 0.717) is 13.1 Å². The first-order chi connectivity index (χ1) is 7.52. The maximum Gasteiger partial charge on any atom is 0.153 e. The van der Waals surface area contributed by atoms with Crippen LogP contribution >= 0.6 is 0 Å².